The van der Waals surface area contributed by atoms with Crippen LogP contribution in [0.5, 0.6) is 0 Å². The molecule has 0 bridgehead atoms. The van der Waals surface area contributed by atoms with Crippen LogP contribution >= 0.6 is 11.6 Å². The second-order valence-electron chi connectivity index (χ2n) is 5.00. The van der Waals surface area contributed by atoms with Gasteiger partial charge >= 0.3 is 0 Å². The molecule has 2 rings (SSSR count). The molecule has 126 valence electrons. The topological polar surface area (TPSA) is 49.4 Å². The van der Waals surface area contributed by atoms with Crippen molar-refractivity contribution in [3.05, 3.63) is 64.7 Å². The largest absolute Gasteiger partial charge is 0.350 e. The molecule has 7 heteroatoms. The van der Waals surface area contributed by atoms with E-state index in [1.807, 2.05) is 0 Å². The Kier molecular flexibility index (Phi) is 5.87. The Morgan fingerprint density at radius 2 is 1.83 bits per heavy atom. The fourth-order valence-electron chi connectivity index (χ4n) is 2.14. The highest BCUT2D eigenvalue weighted by atomic mass is 35.5. The van der Waals surface area contributed by atoms with Gasteiger partial charge in [-0.25, -0.2) is 8.78 Å². The third-order valence-electron chi connectivity index (χ3n) is 3.33. The lowest BCUT2D eigenvalue weighted by Gasteiger charge is -2.21. The minimum Gasteiger partial charge on any atom is -0.350 e. The number of nitrogens with zero attached hydrogens (tertiary/aromatic N) is 1. The van der Waals surface area contributed by atoms with Crippen molar-refractivity contribution in [3.63, 3.8) is 0 Å². The number of nitrogens with one attached hydrogen (secondary N) is 1. The van der Waals surface area contributed by atoms with Crippen LogP contribution < -0.4 is 10.2 Å². The highest BCUT2D eigenvalue weighted by molar-refractivity contribution is 6.33. The molecule has 0 atom stereocenters. The molecule has 0 fully saturated rings. The number of anilines is 1. The van der Waals surface area contributed by atoms with E-state index < -0.39 is 11.6 Å². The lowest BCUT2D eigenvalue weighted by molar-refractivity contribution is -0.116. The van der Waals surface area contributed by atoms with Crippen molar-refractivity contribution in [1.29, 1.82) is 0 Å². The zero-order valence-electron chi connectivity index (χ0n) is 12.9. The Balaban J connectivity index is 2.02. The summed E-state index contributed by atoms with van der Waals surface area (Å²) in [6.45, 7) is 1.54. The van der Waals surface area contributed by atoms with E-state index >= 15 is 0 Å². The maximum atomic E-state index is 13.3. The average Bonchev–Trinajstić information content (AvgIpc) is 2.54. The van der Waals surface area contributed by atoms with E-state index in [2.05, 4.69) is 5.32 Å². The van der Waals surface area contributed by atoms with Crippen molar-refractivity contribution in [3.8, 4) is 0 Å². The van der Waals surface area contributed by atoms with Crippen molar-refractivity contribution >= 4 is 29.1 Å². The van der Waals surface area contributed by atoms with Gasteiger partial charge in [0.15, 0.2) is 11.6 Å². The molecule has 0 saturated carbocycles. The van der Waals surface area contributed by atoms with E-state index in [1.54, 1.807) is 24.3 Å². The number of rotatable bonds is 5. The quantitative estimate of drug-likeness (QED) is 0.896. The van der Waals surface area contributed by atoms with E-state index in [0.717, 1.165) is 12.1 Å². The minimum absolute atomic E-state index is 0.108. The molecular formula is C17H15ClF2N2O2. The van der Waals surface area contributed by atoms with E-state index in [1.165, 1.54) is 17.9 Å². The summed E-state index contributed by atoms with van der Waals surface area (Å²) in [4.78, 5) is 25.0. The minimum atomic E-state index is -1.04. The fraction of sp³-hybridized carbons (Fsp3) is 0.176. The zero-order valence-corrected chi connectivity index (χ0v) is 13.6. The van der Waals surface area contributed by atoms with Gasteiger partial charge < -0.3 is 10.2 Å². The zero-order chi connectivity index (χ0) is 17.7. The Morgan fingerprint density at radius 3 is 2.46 bits per heavy atom. The first-order valence-corrected chi connectivity index (χ1v) is 7.54. The van der Waals surface area contributed by atoms with E-state index in [0.29, 0.717) is 10.6 Å². The van der Waals surface area contributed by atoms with Crippen LogP contribution in [-0.2, 0) is 4.79 Å². The molecule has 0 heterocycles. The lowest BCUT2D eigenvalue weighted by atomic mass is 10.2. The van der Waals surface area contributed by atoms with Gasteiger partial charge in [-0.3, -0.25) is 9.59 Å². The number of carbonyl (C=O) groups is 2. The maximum absolute atomic E-state index is 13.3. The van der Waals surface area contributed by atoms with Crippen molar-refractivity contribution in [2.24, 2.45) is 0 Å². The molecule has 0 spiro atoms. The standard InChI is InChI=1S/C17H15ClF2N2O2/c1-11(23)22(12-6-7-15(19)16(20)10-12)9-8-21-17(24)13-4-2-3-5-14(13)18/h2-7,10H,8-9H2,1H3,(H,21,24). The monoisotopic (exact) mass is 352 g/mol. The molecule has 0 aromatic heterocycles. The highest BCUT2D eigenvalue weighted by Gasteiger charge is 2.15. The molecule has 0 saturated heterocycles. The molecule has 1 N–H and O–H groups in total. The van der Waals surface area contributed by atoms with E-state index in [4.69, 9.17) is 11.6 Å². The Labute approximate surface area is 143 Å². The summed E-state index contributed by atoms with van der Waals surface area (Å²) in [7, 11) is 0. The molecule has 0 aliphatic heterocycles. The van der Waals surface area contributed by atoms with Gasteiger partial charge in [-0.15, -0.1) is 0 Å². The summed E-state index contributed by atoms with van der Waals surface area (Å²) < 4.78 is 26.3. The predicted molar refractivity (Wildman–Crippen MR) is 88.2 cm³/mol. The molecule has 2 aromatic carbocycles. The van der Waals surface area contributed by atoms with Crippen LogP contribution in [-0.4, -0.2) is 24.9 Å². The van der Waals surface area contributed by atoms with Gasteiger partial charge in [-0.2, -0.15) is 0 Å². The van der Waals surface area contributed by atoms with Crippen LogP contribution in [0.15, 0.2) is 42.5 Å². The first-order chi connectivity index (χ1) is 11.4. The van der Waals surface area contributed by atoms with Gasteiger partial charge in [0.1, 0.15) is 0 Å². The van der Waals surface area contributed by atoms with E-state index in [9.17, 15) is 18.4 Å². The van der Waals surface area contributed by atoms with E-state index in [-0.39, 0.29) is 30.6 Å². The molecule has 2 aromatic rings. The van der Waals surface area contributed by atoms with Crippen LogP contribution in [0.25, 0.3) is 0 Å². The Hall–Kier alpha value is -2.47. The van der Waals surface area contributed by atoms with Crippen molar-refractivity contribution in [2.75, 3.05) is 18.0 Å². The van der Waals surface area contributed by atoms with Crippen LogP contribution in [0.4, 0.5) is 14.5 Å². The SMILES string of the molecule is CC(=O)N(CCNC(=O)c1ccccc1Cl)c1ccc(F)c(F)c1. The van der Waals surface area contributed by atoms with Crippen molar-refractivity contribution in [2.45, 2.75) is 6.92 Å². The number of hydrogen-bond donors (Lipinski definition) is 1. The first kappa shape index (κ1) is 17.9. The number of benzene rings is 2. The van der Waals surface area contributed by atoms with Gasteiger partial charge in [0, 0.05) is 31.8 Å². The molecule has 0 radical (unpaired) electrons. The normalized spacial score (nSPS) is 10.3. The molecule has 4 nitrogen and oxygen atoms in total. The van der Waals surface area contributed by atoms with Gasteiger partial charge in [0.2, 0.25) is 5.91 Å². The molecule has 0 aliphatic rings. The second-order valence-corrected chi connectivity index (χ2v) is 5.41. The number of carbonyl (C=O) groups excluding carboxylic acids is 2. The number of halogens is 3. The second kappa shape index (κ2) is 7.88. The first-order valence-electron chi connectivity index (χ1n) is 7.16. The summed E-state index contributed by atoms with van der Waals surface area (Å²) in [6, 6.07) is 9.75. The van der Waals surface area contributed by atoms with Crippen LogP contribution in [0.2, 0.25) is 5.02 Å². The Morgan fingerprint density at radius 1 is 1.12 bits per heavy atom. The highest BCUT2D eigenvalue weighted by Crippen LogP contribution is 2.18. The van der Waals surface area contributed by atoms with Crippen LogP contribution in [0.1, 0.15) is 17.3 Å². The number of hydrogen-bond acceptors (Lipinski definition) is 2. The van der Waals surface area contributed by atoms with Crippen LogP contribution in [0.3, 0.4) is 0 Å². The Bertz CT molecular complexity index is 768. The smallest absolute Gasteiger partial charge is 0.252 e. The third-order valence-corrected chi connectivity index (χ3v) is 3.66. The molecule has 2 amide bonds. The summed E-state index contributed by atoms with van der Waals surface area (Å²) in [6.07, 6.45) is 0. The lowest BCUT2D eigenvalue weighted by Crippen LogP contribution is -2.37. The molecule has 0 unspecified atom stereocenters. The van der Waals surface area contributed by atoms with Gasteiger partial charge in [-0.05, 0) is 24.3 Å². The number of amides is 2. The third kappa shape index (κ3) is 4.29. The summed E-state index contributed by atoms with van der Waals surface area (Å²) in [5.74, 6) is -2.77. The van der Waals surface area contributed by atoms with Gasteiger partial charge in [-0.1, -0.05) is 23.7 Å². The summed E-state index contributed by atoms with van der Waals surface area (Å²) in [5, 5.41) is 2.95. The van der Waals surface area contributed by atoms with Crippen LogP contribution in [0, 0.1) is 11.6 Å². The summed E-state index contributed by atoms with van der Waals surface area (Å²) in [5.41, 5.74) is 0.537. The van der Waals surface area contributed by atoms with Crippen molar-refractivity contribution < 1.29 is 18.4 Å². The predicted octanol–water partition coefficient (Wildman–Crippen LogP) is 3.40. The molecular weight excluding hydrogens is 338 g/mol. The van der Waals surface area contributed by atoms with Gasteiger partial charge in [0.05, 0.1) is 10.6 Å². The average molecular weight is 353 g/mol. The summed E-state index contributed by atoms with van der Waals surface area (Å²) >= 11 is 5.94. The van der Waals surface area contributed by atoms with Gasteiger partial charge in [0.25, 0.3) is 5.91 Å². The molecule has 0 aliphatic carbocycles. The van der Waals surface area contributed by atoms with Crippen molar-refractivity contribution in [1.82, 2.24) is 5.32 Å². The fourth-order valence-corrected chi connectivity index (χ4v) is 2.36. The molecule has 24 heavy (non-hydrogen) atoms. The maximum Gasteiger partial charge on any atom is 0.252 e.